The molecule has 1 rings (SSSR count). The molecule has 0 radical (unpaired) electrons. The lowest BCUT2D eigenvalue weighted by Gasteiger charge is -2.12. The predicted octanol–water partition coefficient (Wildman–Crippen LogP) is 1.67. The molecular weight excluding hydrogens is 288 g/mol. The number of ether oxygens (including phenoxy) is 2. The zero-order valence-corrected chi connectivity index (χ0v) is 12.7. The second-order valence-electron chi connectivity index (χ2n) is 5.17. The van der Waals surface area contributed by atoms with Gasteiger partial charge in [0.25, 0.3) is 0 Å². The van der Waals surface area contributed by atoms with Gasteiger partial charge in [0, 0.05) is 25.0 Å². The van der Waals surface area contributed by atoms with Crippen LogP contribution in [0.5, 0.6) is 0 Å². The Balaban J connectivity index is 2.75. The summed E-state index contributed by atoms with van der Waals surface area (Å²) >= 11 is 0. The molecule has 6 nitrogen and oxygen atoms in total. The van der Waals surface area contributed by atoms with Gasteiger partial charge in [0.05, 0.1) is 12.2 Å². The fourth-order valence-electron chi connectivity index (χ4n) is 1.77. The van der Waals surface area contributed by atoms with Crippen molar-refractivity contribution in [1.82, 2.24) is 0 Å². The first-order valence-corrected chi connectivity index (χ1v) is 7.20. The number of hydrogen-bond donors (Lipinski definition) is 0. The van der Waals surface area contributed by atoms with E-state index in [-0.39, 0.29) is 24.4 Å². The van der Waals surface area contributed by atoms with Gasteiger partial charge in [-0.1, -0.05) is 0 Å². The first-order valence-electron chi connectivity index (χ1n) is 7.20. The molecule has 1 aliphatic rings. The molecule has 0 amide bonds. The molecule has 1 aliphatic heterocycles. The Labute approximate surface area is 129 Å². The topological polar surface area (TPSA) is 86.7 Å². The smallest absolute Gasteiger partial charge is 0.331 e. The van der Waals surface area contributed by atoms with Crippen molar-refractivity contribution in [2.45, 2.75) is 51.7 Å². The monoisotopic (exact) mass is 308 g/mol. The van der Waals surface area contributed by atoms with E-state index in [9.17, 15) is 19.2 Å². The average molecular weight is 308 g/mol. The van der Waals surface area contributed by atoms with Crippen molar-refractivity contribution in [3.8, 4) is 0 Å². The van der Waals surface area contributed by atoms with Crippen molar-refractivity contribution >= 4 is 23.5 Å². The van der Waals surface area contributed by atoms with E-state index in [1.165, 1.54) is 0 Å². The molecule has 120 valence electrons. The highest BCUT2D eigenvalue weighted by atomic mass is 16.5. The van der Waals surface area contributed by atoms with Gasteiger partial charge >= 0.3 is 11.9 Å². The Hall–Kier alpha value is -2.24. The van der Waals surface area contributed by atoms with E-state index in [1.807, 2.05) is 0 Å². The molecule has 0 saturated carbocycles. The summed E-state index contributed by atoms with van der Waals surface area (Å²) in [5.41, 5.74) is 0. The van der Waals surface area contributed by atoms with E-state index in [1.54, 1.807) is 13.8 Å². The normalized spacial score (nSPS) is 28.6. The van der Waals surface area contributed by atoms with Gasteiger partial charge in [0.15, 0.2) is 11.6 Å². The molecule has 1 heterocycles. The minimum atomic E-state index is -0.615. The average Bonchev–Trinajstić information content (AvgIpc) is 2.46. The number of allylic oxidation sites excluding steroid dienone is 2. The summed E-state index contributed by atoms with van der Waals surface area (Å²) in [6.45, 7) is 3.31. The number of ketones is 2. The van der Waals surface area contributed by atoms with Crippen LogP contribution in [0.3, 0.4) is 0 Å². The van der Waals surface area contributed by atoms with Crippen molar-refractivity contribution in [2.24, 2.45) is 0 Å². The molecule has 0 aromatic heterocycles. The molecule has 0 aromatic rings. The minimum Gasteiger partial charge on any atom is -0.459 e. The number of esters is 2. The van der Waals surface area contributed by atoms with E-state index in [0.717, 1.165) is 24.3 Å². The standard InChI is InChI=1S/C16H20O6/c1-11-3-5-13(17)8-10-16(20)22-12(2)4-6-14(18)7-9-15(19)21-11/h7-12H,3-6H2,1-2H3/b9-7+,10-8+/t11-,12-/m1/s1. The van der Waals surface area contributed by atoms with Gasteiger partial charge in [-0.15, -0.1) is 0 Å². The summed E-state index contributed by atoms with van der Waals surface area (Å²) in [5, 5.41) is 0. The predicted molar refractivity (Wildman–Crippen MR) is 77.9 cm³/mol. The van der Waals surface area contributed by atoms with Crippen LogP contribution in [0.2, 0.25) is 0 Å². The third-order valence-corrected chi connectivity index (χ3v) is 3.04. The number of rotatable bonds is 0. The van der Waals surface area contributed by atoms with Crippen LogP contribution in [-0.4, -0.2) is 35.7 Å². The van der Waals surface area contributed by atoms with Crippen LogP contribution in [0, 0.1) is 0 Å². The first kappa shape index (κ1) is 17.8. The summed E-state index contributed by atoms with van der Waals surface area (Å²) in [7, 11) is 0. The van der Waals surface area contributed by atoms with Crippen LogP contribution in [-0.2, 0) is 28.7 Å². The van der Waals surface area contributed by atoms with Crippen molar-refractivity contribution in [3.63, 3.8) is 0 Å². The molecule has 2 atom stereocenters. The lowest BCUT2D eigenvalue weighted by Crippen LogP contribution is -2.16. The van der Waals surface area contributed by atoms with E-state index in [0.29, 0.717) is 12.8 Å². The maximum atomic E-state index is 11.6. The Morgan fingerprint density at radius 1 is 0.727 bits per heavy atom. The summed E-state index contributed by atoms with van der Waals surface area (Å²) in [4.78, 5) is 46.1. The summed E-state index contributed by atoms with van der Waals surface area (Å²) in [6, 6.07) is 0. The quantitative estimate of drug-likeness (QED) is 0.633. The van der Waals surface area contributed by atoms with Gasteiger partial charge in [-0.05, 0) is 38.8 Å². The lowest BCUT2D eigenvalue weighted by molar-refractivity contribution is -0.143. The Kier molecular flexibility index (Phi) is 7.22. The molecule has 6 heteroatoms. The van der Waals surface area contributed by atoms with Gasteiger partial charge in [-0.2, -0.15) is 0 Å². The highest BCUT2D eigenvalue weighted by molar-refractivity contribution is 5.96. The maximum absolute atomic E-state index is 11.6. The number of carbonyl (C=O) groups excluding carboxylic acids is 4. The van der Waals surface area contributed by atoms with Crippen LogP contribution < -0.4 is 0 Å². The highest BCUT2D eigenvalue weighted by Gasteiger charge is 2.12. The van der Waals surface area contributed by atoms with Crippen molar-refractivity contribution in [2.75, 3.05) is 0 Å². The number of carbonyl (C=O) groups is 4. The van der Waals surface area contributed by atoms with E-state index in [2.05, 4.69) is 0 Å². The molecule has 0 fully saturated rings. The number of hydrogen-bond acceptors (Lipinski definition) is 6. The second-order valence-corrected chi connectivity index (χ2v) is 5.17. The molecule has 0 unspecified atom stereocenters. The third-order valence-electron chi connectivity index (χ3n) is 3.04. The van der Waals surface area contributed by atoms with Crippen molar-refractivity contribution in [1.29, 1.82) is 0 Å². The Morgan fingerprint density at radius 3 is 1.45 bits per heavy atom. The first-order chi connectivity index (χ1) is 10.4. The molecule has 0 aromatic carbocycles. The van der Waals surface area contributed by atoms with E-state index < -0.39 is 24.1 Å². The van der Waals surface area contributed by atoms with E-state index >= 15 is 0 Å². The molecule has 0 aliphatic carbocycles. The molecule has 0 bridgehead atoms. The van der Waals surface area contributed by atoms with Gasteiger partial charge in [-0.3, -0.25) is 9.59 Å². The van der Waals surface area contributed by atoms with Crippen LogP contribution in [0.1, 0.15) is 39.5 Å². The SMILES string of the molecule is C[C@@H]1CCC(=O)/C=C/C(=O)O[C@H](C)CCC(=O)/C=C/C(=O)O1. The number of cyclic esters (lactones) is 2. The fourth-order valence-corrected chi connectivity index (χ4v) is 1.77. The fraction of sp³-hybridized carbons (Fsp3) is 0.500. The van der Waals surface area contributed by atoms with Gasteiger partial charge in [0.1, 0.15) is 0 Å². The minimum absolute atomic E-state index is 0.149. The molecular formula is C16H20O6. The van der Waals surface area contributed by atoms with Crippen LogP contribution in [0.25, 0.3) is 0 Å². The van der Waals surface area contributed by atoms with Gasteiger partial charge in [-0.25, -0.2) is 9.59 Å². The summed E-state index contributed by atoms with van der Waals surface area (Å²) < 4.78 is 10.1. The van der Waals surface area contributed by atoms with Crippen LogP contribution in [0.4, 0.5) is 0 Å². The Morgan fingerprint density at radius 2 is 1.09 bits per heavy atom. The van der Waals surface area contributed by atoms with Gasteiger partial charge in [0.2, 0.25) is 0 Å². The van der Waals surface area contributed by atoms with Crippen molar-refractivity contribution in [3.05, 3.63) is 24.3 Å². The molecule has 0 saturated heterocycles. The highest BCUT2D eigenvalue weighted by Crippen LogP contribution is 2.07. The molecule has 0 spiro atoms. The van der Waals surface area contributed by atoms with Crippen LogP contribution in [0.15, 0.2) is 24.3 Å². The largest absolute Gasteiger partial charge is 0.459 e. The Bertz CT molecular complexity index is 457. The zero-order valence-electron chi connectivity index (χ0n) is 12.7. The lowest BCUT2D eigenvalue weighted by atomic mass is 10.1. The third kappa shape index (κ3) is 7.52. The maximum Gasteiger partial charge on any atom is 0.331 e. The molecule has 0 N–H and O–H groups in total. The van der Waals surface area contributed by atoms with Crippen molar-refractivity contribution < 1.29 is 28.7 Å². The zero-order chi connectivity index (χ0) is 16.5. The van der Waals surface area contributed by atoms with E-state index in [4.69, 9.17) is 9.47 Å². The summed E-state index contributed by atoms with van der Waals surface area (Å²) in [5.74, 6) is -1.72. The second kappa shape index (κ2) is 8.92. The van der Waals surface area contributed by atoms with Crippen LogP contribution >= 0.6 is 0 Å². The summed E-state index contributed by atoms with van der Waals surface area (Å²) in [6.07, 6.45) is 4.51. The molecule has 22 heavy (non-hydrogen) atoms. The van der Waals surface area contributed by atoms with Gasteiger partial charge < -0.3 is 9.47 Å².